The van der Waals surface area contributed by atoms with Gasteiger partial charge in [0.25, 0.3) is 0 Å². The lowest BCUT2D eigenvalue weighted by molar-refractivity contribution is 0.321. The van der Waals surface area contributed by atoms with Crippen molar-refractivity contribution in [3.8, 4) is 0 Å². The Morgan fingerprint density at radius 1 is 1.05 bits per heavy atom. The third-order valence-corrected chi connectivity index (χ3v) is 2.80. The molecule has 98 valence electrons. The van der Waals surface area contributed by atoms with Gasteiger partial charge in [-0.2, -0.15) is 0 Å². The molecule has 0 amide bonds. The maximum Gasteiger partial charge on any atom is 0.173 e. The molecule has 0 spiro atoms. The first kappa shape index (κ1) is 13.1. The highest BCUT2D eigenvalue weighted by atomic mass is 16.4. The SMILES string of the molecule is ON=Cc1ncc(CCCCc2cccnc2)cn1. The average Bonchev–Trinajstić information content (AvgIpc) is 2.47. The maximum absolute atomic E-state index is 8.35. The number of hydrogen-bond acceptors (Lipinski definition) is 5. The monoisotopic (exact) mass is 256 g/mol. The van der Waals surface area contributed by atoms with Crippen molar-refractivity contribution < 1.29 is 5.21 Å². The van der Waals surface area contributed by atoms with Crippen molar-refractivity contribution in [1.82, 2.24) is 15.0 Å². The summed E-state index contributed by atoms with van der Waals surface area (Å²) >= 11 is 0. The van der Waals surface area contributed by atoms with E-state index in [-0.39, 0.29) is 0 Å². The predicted molar refractivity (Wildman–Crippen MR) is 72.3 cm³/mol. The molecule has 2 aromatic rings. The molecule has 5 nitrogen and oxygen atoms in total. The van der Waals surface area contributed by atoms with Gasteiger partial charge in [-0.15, -0.1) is 0 Å². The molecular weight excluding hydrogens is 240 g/mol. The van der Waals surface area contributed by atoms with Crippen LogP contribution < -0.4 is 0 Å². The Hall–Kier alpha value is -2.30. The van der Waals surface area contributed by atoms with Crippen molar-refractivity contribution in [2.24, 2.45) is 5.16 Å². The fourth-order valence-corrected chi connectivity index (χ4v) is 1.82. The summed E-state index contributed by atoms with van der Waals surface area (Å²) in [4.78, 5) is 12.2. The molecule has 0 atom stereocenters. The van der Waals surface area contributed by atoms with Crippen molar-refractivity contribution in [2.45, 2.75) is 25.7 Å². The molecule has 0 saturated carbocycles. The van der Waals surface area contributed by atoms with Gasteiger partial charge in [-0.25, -0.2) is 9.97 Å². The van der Waals surface area contributed by atoms with E-state index in [1.165, 1.54) is 11.8 Å². The predicted octanol–water partition coefficient (Wildman–Crippen LogP) is 2.25. The van der Waals surface area contributed by atoms with Crippen LogP contribution in [0.25, 0.3) is 0 Å². The molecule has 0 aliphatic heterocycles. The minimum absolute atomic E-state index is 0.418. The molecule has 19 heavy (non-hydrogen) atoms. The number of nitrogens with zero attached hydrogens (tertiary/aromatic N) is 4. The van der Waals surface area contributed by atoms with Gasteiger partial charge in [0.15, 0.2) is 5.82 Å². The Morgan fingerprint density at radius 2 is 1.79 bits per heavy atom. The number of unbranched alkanes of at least 4 members (excludes halogenated alkanes) is 1. The minimum Gasteiger partial charge on any atom is -0.411 e. The van der Waals surface area contributed by atoms with Gasteiger partial charge in [-0.05, 0) is 42.9 Å². The fraction of sp³-hybridized carbons (Fsp3) is 0.286. The van der Waals surface area contributed by atoms with Crippen LogP contribution in [0.1, 0.15) is 29.8 Å². The Kier molecular flexibility index (Phi) is 4.98. The van der Waals surface area contributed by atoms with Gasteiger partial charge in [0.2, 0.25) is 0 Å². The van der Waals surface area contributed by atoms with E-state index >= 15 is 0 Å². The molecule has 0 aliphatic rings. The Labute approximate surface area is 112 Å². The van der Waals surface area contributed by atoms with E-state index in [9.17, 15) is 0 Å². The second-order valence-electron chi connectivity index (χ2n) is 4.26. The lowest BCUT2D eigenvalue weighted by Gasteiger charge is -2.02. The topological polar surface area (TPSA) is 71.3 Å². The first-order valence-corrected chi connectivity index (χ1v) is 6.26. The summed E-state index contributed by atoms with van der Waals surface area (Å²) in [6.45, 7) is 0. The van der Waals surface area contributed by atoms with Gasteiger partial charge in [0.1, 0.15) is 6.21 Å². The second kappa shape index (κ2) is 7.20. The Morgan fingerprint density at radius 3 is 2.42 bits per heavy atom. The Balaban J connectivity index is 1.73. The summed E-state index contributed by atoms with van der Waals surface area (Å²) in [5, 5.41) is 11.2. The largest absolute Gasteiger partial charge is 0.411 e. The van der Waals surface area contributed by atoms with E-state index in [1.807, 2.05) is 12.3 Å². The van der Waals surface area contributed by atoms with Gasteiger partial charge in [-0.1, -0.05) is 11.2 Å². The molecule has 0 aromatic carbocycles. The fourth-order valence-electron chi connectivity index (χ4n) is 1.82. The summed E-state index contributed by atoms with van der Waals surface area (Å²) in [7, 11) is 0. The molecule has 0 bridgehead atoms. The molecule has 5 heteroatoms. The van der Waals surface area contributed by atoms with Crippen LogP contribution in [-0.4, -0.2) is 26.4 Å². The second-order valence-corrected chi connectivity index (χ2v) is 4.26. The molecule has 1 N–H and O–H groups in total. The van der Waals surface area contributed by atoms with Gasteiger partial charge in [-0.3, -0.25) is 4.98 Å². The first-order chi connectivity index (χ1) is 9.38. The van der Waals surface area contributed by atoms with E-state index in [0.717, 1.165) is 31.2 Å². The minimum atomic E-state index is 0.418. The molecule has 2 heterocycles. The van der Waals surface area contributed by atoms with E-state index < -0.39 is 0 Å². The van der Waals surface area contributed by atoms with Crippen molar-refractivity contribution in [1.29, 1.82) is 0 Å². The summed E-state index contributed by atoms with van der Waals surface area (Å²) < 4.78 is 0. The summed E-state index contributed by atoms with van der Waals surface area (Å²) in [6, 6.07) is 4.06. The number of hydrogen-bond donors (Lipinski definition) is 1. The molecule has 2 rings (SSSR count). The molecule has 0 unspecified atom stereocenters. The third kappa shape index (κ3) is 4.46. The van der Waals surface area contributed by atoms with Crippen molar-refractivity contribution in [3.05, 3.63) is 53.9 Å². The number of aromatic nitrogens is 3. The molecule has 0 saturated heterocycles. The van der Waals surface area contributed by atoms with Crippen LogP contribution in [0.5, 0.6) is 0 Å². The smallest absolute Gasteiger partial charge is 0.173 e. The summed E-state index contributed by atoms with van der Waals surface area (Å²) in [5.74, 6) is 0.418. The van der Waals surface area contributed by atoms with Crippen LogP contribution in [0.15, 0.2) is 42.1 Å². The maximum atomic E-state index is 8.35. The van der Waals surface area contributed by atoms with Crippen molar-refractivity contribution >= 4 is 6.21 Å². The van der Waals surface area contributed by atoms with Gasteiger partial charge < -0.3 is 5.21 Å². The highest BCUT2D eigenvalue weighted by Crippen LogP contribution is 2.07. The highest BCUT2D eigenvalue weighted by Gasteiger charge is 1.97. The molecule has 0 radical (unpaired) electrons. The normalized spacial score (nSPS) is 10.9. The zero-order valence-electron chi connectivity index (χ0n) is 10.6. The number of oxime groups is 1. The van der Waals surface area contributed by atoms with Crippen LogP contribution in [0, 0.1) is 0 Å². The van der Waals surface area contributed by atoms with Crippen molar-refractivity contribution in [2.75, 3.05) is 0 Å². The van der Waals surface area contributed by atoms with E-state index in [1.54, 1.807) is 18.6 Å². The summed E-state index contributed by atoms with van der Waals surface area (Å²) in [5.41, 5.74) is 2.37. The van der Waals surface area contributed by atoms with Crippen LogP contribution in [-0.2, 0) is 12.8 Å². The van der Waals surface area contributed by atoms with Gasteiger partial charge in [0.05, 0.1) is 0 Å². The van der Waals surface area contributed by atoms with Crippen molar-refractivity contribution in [3.63, 3.8) is 0 Å². The Bertz CT molecular complexity index is 511. The zero-order chi connectivity index (χ0) is 13.3. The van der Waals surface area contributed by atoms with Gasteiger partial charge in [0, 0.05) is 24.8 Å². The van der Waals surface area contributed by atoms with E-state index in [0.29, 0.717) is 5.82 Å². The van der Waals surface area contributed by atoms with E-state index in [4.69, 9.17) is 5.21 Å². The molecule has 0 fully saturated rings. The third-order valence-electron chi connectivity index (χ3n) is 2.80. The standard InChI is InChI=1S/C14H16N4O/c19-18-11-14-16-9-13(10-17-14)5-2-1-4-12-6-3-7-15-8-12/h3,6-11,19H,1-2,4-5H2. The lowest BCUT2D eigenvalue weighted by atomic mass is 10.1. The average molecular weight is 256 g/mol. The van der Waals surface area contributed by atoms with Crippen LogP contribution in [0.2, 0.25) is 0 Å². The zero-order valence-corrected chi connectivity index (χ0v) is 10.6. The van der Waals surface area contributed by atoms with Crippen LogP contribution in [0.4, 0.5) is 0 Å². The lowest BCUT2D eigenvalue weighted by Crippen LogP contribution is -1.96. The van der Waals surface area contributed by atoms with Crippen LogP contribution in [0.3, 0.4) is 0 Å². The summed E-state index contributed by atoms with van der Waals surface area (Å²) in [6.07, 6.45) is 12.7. The molecular formula is C14H16N4O. The highest BCUT2D eigenvalue weighted by molar-refractivity contribution is 5.73. The number of pyridine rings is 1. The van der Waals surface area contributed by atoms with E-state index in [2.05, 4.69) is 26.2 Å². The van der Waals surface area contributed by atoms with Gasteiger partial charge >= 0.3 is 0 Å². The molecule has 2 aromatic heterocycles. The molecule has 0 aliphatic carbocycles. The number of aryl methyl sites for hydroxylation is 2. The number of rotatable bonds is 6. The quantitative estimate of drug-likeness (QED) is 0.372. The first-order valence-electron chi connectivity index (χ1n) is 6.26. The van der Waals surface area contributed by atoms with Crippen LogP contribution >= 0.6 is 0 Å².